The normalized spacial score (nSPS) is 15.7. The first kappa shape index (κ1) is 17.0. The first-order valence-electron chi connectivity index (χ1n) is 8.12. The molecule has 7 heteroatoms. The van der Waals surface area contributed by atoms with E-state index in [0.29, 0.717) is 0 Å². The molecule has 0 radical (unpaired) electrons. The molecule has 24 heavy (non-hydrogen) atoms. The Kier molecular flexibility index (Phi) is 5.93. The van der Waals surface area contributed by atoms with Crippen molar-refractivity contribution in [3.8, 4) is 0 Å². The molecule has 3 heterocycles. The monoisotopic (exact) mass is 363 g/mol. The highest BCUT2D eigenvalue weighted by Crippen LogP contribution is 2.21. The highest BCUT2D eigenvalue weighted by atomic mass is 35.5. The third kappa shape index (κ3) is 4.39. The van der Waals surface area contributed by atoms with Crippen molar-refractivity contribution >= 4 is 34.7 Å². The van der Waals surface area contributed by atoms with Gasteiger partial charge in [0.05, 0.1) is 4.34 Å². The van der Waals surface area contributed by atoms with Gasteiger partial charge in [0.1, 0.15) is 5.82 Å². The van der Waals surface area contributed by atoms with E-state index in [-0.39, 0.29) is 0 Å². The van der Waals surface area contributed by atoms with E-state index in [1.165, 1.54) is 4.88 Å². The molecule has 2 aromatic heterocycles. The molecule has 0 saturated carbocycles. The molecule has 1 fully saturated rings. The fourth-order valence-corrected chi connectivity index (χ4v) is 3.89. The van der Waals surface area contributed by atoms with Crippen LogP contribution in [-0.4, -0.2) is 55.6 Å². The smallest absolute Gasteiger partial charge is 0.193 e. The fourth-order valence-electron chi connectivity index (χ4n) is 2.80. The van der Waals surface area contributed by atoms with Crippen LogP contribution < -0.4 is 10.2 Å². The van der Waals surface area contributed by atoms with Gasteiger partial charge in [-0.3, -0.25) is 4.99 Å². The molecule has 2 aromatic rings. The van der Waals surface area contributed by atoms with E-state index < -0.39 is 0 Å². The van der Waals surface area contributed by atoms with Crippen molar-refractivity contribution in [1.29, 1.82) is 0 Å². The summed E-state index contributed by atoms with van der Waals surface area (Å²) in [4.78, 5) is 14.8. The lowest BCUT2D eigenvalue weighted by molar-refractivity contribution is 0.372. The van der Waals surface area contributed by atoms with Gasteiger partial charge in [0, 0.05) is 50.8 Å². The summed E-state index contributed by atoms with van der Waals surface area (Å²) < 4.78 is 0.847. The van der Waals surface area contributed by atoms with E-state index in [9.17, 15) is 0 Å². The van der Waals surface area contributed by atoms with E-state index in [1.54, 1.807) is 11.3 Å². The number of nitrogens with zero attached hydrogens (tertiary/aromatic N) is 4. The van der Waals surface area contributed by atoms with Gasteiger partial charge in [0.25, 0.3) is 0 Å². The molecule has 1 aliphatic heterocycles. The Labute approximate surface area is 152 Å². The number of anilines is 1. The molecule has 0 amide bonds. The third-order valence-electron chi connectivity index (χ3n) is 4.05. The van der Waals surface area contributed by atoms with Crippen LogP contribution >= 0.6 is 22.9 Å². The van der Waals surface area contributed by atoms with Crippen LogP contribution in [0.2, 0.25) is 4.34 Å². The van der Waals surface area contributed by atoms with Gasteiger partial charge in [-0.25, -0.2) is 4.98 Å². The minimum atomic E-state index is 0.847. The number of aromatic nitrogens is 1. The second-order valence-corrected chi connectivity index (χ2v) is 7.39. The second kappa shape index (κ2) is 8.35. The largest absolute Gasteiger partial charge is 0.356 e. The van der Waals surface area contributed by atoms with E-state index in [1.807, 2.05) is 31.4 Å². The number of hydrogen-bond acceptors (Lipinski definition) is 4. The summed E-state index contributed by atoms with van der Waals surface area (Å²) in [6.45, 7) is 4.67. The summed E-state index contributed by atoms with van der Waals surface area (Å²) in [6, 6.07) is 10.1. The van der Waals surface area contributed by atoms with Crippen LogP contribution in [0.5, 0.6) is 0 Å². The zero-order chi connectivity index (χ0) is 16.8. The molecule has 0 bridgehead atoms. The van der Waals surface area contributed by atoms with Gasteiger partial charge in [-0.05, 0) is 30.7 Å². The number of pyridine rings is 1. The van der Waals surface area contributed by atoms with Crippen molar-refractivity contribution in [3.63, 3.8) is 0 Å². The molecule has 0 atom stereocenters. The Bertz CT molecular complexity index is 665. The van der Waals surface area contributed by atoms with E-state index in [4.69, 9.17) is 11.6 Å². The molecular formula is C17H22ClN5S. The van der Waals surface area contributed by atoms with Crippen molar-refractivity contribution in [1.82, 2.24) is 15.2 Å². The molecule has 128 valence electrons. The molecule has 0 aliphatic carbocycles. The van der Waals surface area contributed by atoms with Crippen LogP contribution in [0.25, 0.3) is 0 Å². The first-order chi connectivity index (χ1) is 11.8. The maximum Gasteiger partial charge on any atom is 0.193 e. The summed E-state index contributed by atoms with van der Waals surface area (Å²) in [5.74, 6) is 2.02. The zero-order valence-electron chi connectivity index (χ0n) is 13.8. The number of rotatable bonds is 4. The van der Waals surface area contributed by atoms with Gasteiger partial charge < -0.3 is 15.1 Å². The highest BCUT2D eigenvalue weighted by molar-refractivity contribution is 7.16. The van der Waals surface area contributed by atoms with Crippen molar-refractivity contribution < 1.29 is 0 Å². The average Bonchev–Trinajstić information content (AvgIpc) is 3.05. The van der Waals surface area contributed by atoms with Crippen LogP contribution in [0.1, 0.15) is 4.88 Å². The lowest BCUT2D eigenvalue weighted by atomic mass is 10.3. The Morgan fingerprint density at radius 3 is 2.71 bits per heavy atom. The van der Waals surface area contributed by atoms with Crippen LogP contribution in [0.4, 0.5) is 5.82 Å². The molecule has 5 nitrogen and oxygen atoms in total. The second-order valence-electron chi connectivity index (χ2n) is 5.59. The predicted molar refractivity (Wildman–Crippen MR) is 102 cm³/mol. The molecule has 1 saturated heterocycles. The molecule has 1 aliphatic rings. The molecule has 3 rings (SSSR count). The van der Waals surface area contributed by atoms with Gasteiger partial charge in [-0.1, -0.05) is 17.7 Å². The van der Waals surface area contributed by atoms with E-state index >= 15 is 0 Å². The lowest BCUT2D eigenvalue weighted by Gasteiger charge is -2.37. The molecule has 0 aromatic carbocycles. The quantitative estimate of drug-likeness (QED) is 0.670. The minimum Gasteiger partial charge on any atom is -0.356 e. The molecule has 0 unspecified atom stereocenters. The third-order valence-corrected chi connectivity index (χ3v) is 5.34. The summed E-state index contributed by atoms with van der Waals surface area (Å²) in [6.07, 6.45) is 2.81. The number of guanidine groups is 1. The predicted octanol–water partition coefficient (Wildman–Crippen LogP) is 2.74. The topological polar surface area (TPSA) is 43.8 Å². The number of piperazine rings is 1. The summed E-state index contributed by atoms with van der Waals surface area (Å²) in [5, 5.41) is 3.46. The average molecular weight is 364 g/mol. The summed E-state index contributed by atoms with van der Waals surface area (Å²) in [5.41, 5.74) is 0. The van der Waals surface area contributed by atoms with Gasteiger partial charge in [0.15, 0.2) is 5.96 Å². The number of aliphatic imine (C=N–C) groups is 1. The minimum absolute atomic E-state index is 0.847. The highest BCUT2D eigenvalue weighted by Gasteiger charge is 2.20. The summed E-state index contributed by atoms with van der Waals surface area (Å²) >= 11 is 7.61. The lowest BCUT2D eigenvalue weighted by Crippen LogP contribution is -2.53. The van der Waals surface area contributed by atoms with Gasteiger partial charge in [-0.2, -0.15) is 0 Å². The maximum atomic E-state index is 5.97. The Morgan fingerprint density at radius 2 is 2.08 bits per heavy atom. The van der Waals surface area contributed by atoms with Crippen molar-refractivity contribution in [2.75, 3.05) is 44.7 Å². The Morgan fingerprint density at radius 1 is 1.25 bits per heavy atom. The van der Waals surface area contributed by atoms with Crippen molar-refractivity contribution in [2.24, 2.45) is 4.99 Å². The molecule has 0 spiro atoms. The first-order valence-corrected chi connectivity index (χ1v) is 9.31. The SMILES string of the molecule is CN=C(NCCc1ccc(Cl)s1)N1CCN(c2ccccn2)CC1. The number of thiophene rings is 1. The number of halogens is 1. The van der Waals surface area contributed by atoms with Crippen LogP contribution in [0, 0.1) is 0 Å². The van der Waals surface area contributed by atoms with Crippen LogP contribution in [0.3, 0.4) is 0 Å². The number of nitrogens with one attached hydrogen (secondary N) is 1. The Balaban J connectivity index is 1.47. The van der Waals surface area contributed by atoms with Crippen molar-refractivity contribution in [3.05, 3.63) is 45.7 Å². The van der Waals surface area contributed by atoms with Crippen molar-refractivity contribution in [2.45, 2.75) is 6.42 Å². The van der Waals surface area contributed by atoms with Gasteiger partial charge >= 0.3 is 0 Å². The summed E-state index contributed by atoms with van der Waals surface area (Å²) in [7, 11) is 1.84. The number of hydrogen-bond donors (Lipinski definition) is 1. The van der Waals surface area contributed by atoms with E-state index in [2.05, 4.69) is 37.2 Å². The van der Waals surface area contributed by atoms with E-state index in [0.717, 1.165) is 55.3 Å². The standard InChI is InChI=1S/C17H22ClN5S/c1-19-17(21-9-7-14-5-6-15(18)24-14)23-12-10-22(11-13-23)16-4-2-3-8-20-16/h2-6,8H,7,9-13H2,1H3,(H,19,21). The van der Waals surface area contributed by atoms with Gasteiger partial charge in [-0.15, -0.1) is 11.3 Å². The van der Waals surface area contributed by atoms with Crippen LogP contribution in [0.15, 0.2) is 41.5 Å². The Hall–Kier alpha value is -1.79. The fraction of sp³-hybridized carbons (Fsp3) is 0.412. The van der Waals surface area contributed by atoms with Crippen LogP contribution in [-0.2, 0) is 6.42 Å². The zero-order valence-corrected chi connectivity index (χ0v) is 15.4. The maximum absolute atomic E-state index is 5.97. The van der Waals surface area contributed by atoms with Gasteiger partial charge in [0.2, 0.25) is 0 Å². The molecule has 1 N–H and O–H groups in total. The molecular weight excluding hydrogens is 342 g/mol.